The van der Waals surface area contributed by atoms with Gasteiger partial charge in [-0.05, 0) is 40.2 Å². The molecule has 0 spiro atoms. The zero-order chi connectivity index (χ0) is 14.9. The van der Waals surface area contributed by atoms with Crippen LogP contribution in [0.15, 0.2) is 34.8 Å². The summed E-state index contributed by atoms with van der Waals surface area (Å²) in [7, 11) is 0. The van der Waals surface area contributed by atoms with E-state index in [9.17, 15) is 9.18 Å². The molecule has 0 aliphatic carbocycles. The zero-order valence-corrected chi connectivity index (χ0v) is 13.5. The highest BCUT2D eigenvalue weighted by Gasteiger charge is 2.17. The van der Waals surface area contributed by atoms with Crippen molar-refractivity contribution < 1.29 is 9.18 Å². The Bertz CT molecular complexity index is 673. The molecule has 2 nitrogen and oxygen atoms in total. The number of benzene rings is 2. The third-order valence-electron chi connectivity index (χ3n) is 2.45. The standard InChI is InChI=1S/C13H6BrCl3FNO/c14-6-2-1-3-10(18)12(6)13(20)19-11-5-8(16)7(15)4-9(11)17/h1-5H,(H,19,20). The summed E-state index contributed by atoms with van der Waals surface area (Å²) in [6.45, 7) is 0. The highest BCUT2D eigenvalue weighted by Crippen LogP contribution is 2.33. The first-order valence-electron chi connectivity index (χ1n) is 5.30. The van der Waals surface area contributed by atoms with Crippen molar-refractivity contribution in [2.45, 2.75) is 0 Å². The van der Waals surface area contributed by atoms with Crippen LogP contribution in [0.5, 0.6) is 0 Å². The molecule has 0 fully saturated rings. The van der Waals surface area contributed by atoms with E-state index in [0.717, 1.165) is 0 Å². The van der Waals surface area contributed by atoms with Crippen LogP contribution in [0.4, 0.5) is 10.1 Å². The zero-order valence-electron chi connectivity index (χ0n) is 9.68. The van der Waals surface area contributed by atoms with E-state index in [1.165, 1.54) is 24.3 Å². The molecular formula is C13H6BrCl3FNO. The molecule has 7 heteroatoms. The molecule has 20 heavy (non-hydrogen) atoms. The Kier molecular flexibility index (Phi) is 4.91. The molecule has 0 saturated carbocycles. The Morgan fingerprint density at radius 1 is 1.10 bits per heavy atom. The van der Waals surface area contributed by atoms with Crippen molar-refractivity contribution in [3.8, 4) is 0 Å². The van der Waals surface area contributed by atoms with Crippen LogP contribution >= 0.6 is 50.7 Å². The number of hydrogen-bond donors (Lipinski definition) is 1. The predicted molar refractivity (Wildman–Crippen MR) is 83.5 cm³/mol. The first kappa shape index (κ1) is 15.6. The van der Waals surface area contributed by atoms with Gasteiger partial charge in [0.25, 0.3) is 5.91 Å². The molecule has 2 aromatic carbocycles. The number of halogens is 5. The predicted octanol–water partition coefficient (Wildman–Crippen LogP) is 5.80. The van der Waals surface area contributed by atoms with E-state index in [1.54, 1.807) is 6.07 Å². The maximum Gasteiger partial charge on any atom is 0.259 e. The highest BCUT2D eigenvalue weighted by molar-refractivity contribution is 9.10. The summed E-state index contributed by atoms with van der Waals surface area (Å²) in [5.41, 5.74) is 0.135. The third kappa shape index (κ3) is 3.26. The van der Waals surface area contributed by atoms with Gasteiger partial charge >= 0.3 is 0 Å². The number of amides is 1. The van der Waals surface area contributed by atoms with Crippen molar-refractivity contribution in [3.63, 3.8) is 0 Å². The Balaban J connectivity index is 2.35. The first-order chi connectivity index (χ1) is 9.40. The van der Waals surface area contributed by atoms with Gasteiger partial charge in [-0.1, -0.05) is 40.9 Å². The quantitative estimate of drug-likeness (QED) is 0.638. The lowest BCUT2D eigenvalue weighted by Crippen LogP contribution is -2.14. The Morgan fingerprint density at radius 3 is 2.40 bits per heavy atom. The summed E-state index contributed by atoms with van der Waals surface area (Å²) in [6, 6.07) is 7.04. The molecule has 2 rings (SSSR count). The van der Waals surface area contributed by atoms with E-state index in [-0.39, 0.29) is 26.3 Å². The van der Waals surface area contributed by atoms with Gasteiger partial charge in [0.2, 0.25) is 0 Å². The number of carbonyl (C=O) groups excluding carboxylic acids is 1. The second-order valence-electron chi connectivity index (χ2n) is 3.80. The third-order valence-corrected chi connectivity index (χ3v) is 4.14. The first-order valence-corrected chi connectivity index (χ1v) is 7.22. The van der Waals surface area contributed by atoms with Crippen LogP contribution in [0.25, 0.3) is 0 Å². The van der Waals surface area contributed by atoms with E-state index in [0.29, 0.717) is 4.47 Å². The van der Waals surface area contributed by atoms with Gasteiger partial charge < -0.3 is 5.32 Å². The normalized spacial score (nSPS) is 10.4. The minimum Gasteiger partial charge on any atom is -0.320 e. The van der Waals surface area contributed by atoms with Crippen LogP contribution in [-0.2, 0) is 0 Å². The average Bonchev–Trinajstić information content (AvgIpc) is 2.35. The van der Waals surface area contributed by atoms with Gasteiger partial charge in [0.15, 0.2) is 0 Å². The van der Waals surface area contributed by atoms with Crippen LogP contribution in [0.3, 0.4) is 0 Å². The summed E-state index contributed by atoms with van der Waals surface area (Å²) >= 11 is 20.7. The Labute approximate surface area is 138 Å². The largest absolute Gasteiger partial charge is 0.320 e. The second kappa shape index (κ2) is 6.31. The molecule has 0 radical (unpaired) electrons. The molecule has 0 bridgehead atoms. The molecule has 0 saturated heterocycles. The number of anilines is 1. The van der Waals surface area contributed by atoms with E-state index in [4.69, 9.17) is 34.8 Å². The number of nitrogens with one attached hydrogen (secondary N) is 1. The van der Waals surface area contributed by atoms with Crippen LogP contribution in [-0.4, -0.2) is 5.91 Å². The highest BCUT2D eigenvalue weighted by atomic mass is 79.9. The van der Waals surface area contributed by atoms with E-state index in [1.807, 2.05) is 0 Å². The van der Waals surface area contributed by atoms with Crippen LogP contribution in [0, 0.1) is 5.82 Å². The van der Waals surface area contributed by atoms with Crippen molar-refractivity contribution in [1.82, 2.24) is 0 Å². The van der Waals surface area contributed by atoms with Crippen LogP contribution in [0.2, 0.25) is 15.1 Å². The van der Waals surface area contributed by atoms with E-state index in [2.05, 4.69) is 21.2 Å². The van der Waals surface area contributed by atoms with Gasteiger partial charge in [-0.2, -0.15) is 0 Å². The molecule has 0 aliphatic heterocycles. The monoisotopic (exact) mass is 395 g/mol. The molecule has 0 unspecified atom stereocenters. The minimum atomic E-state index is -0.645. The fraction of sp³-hybridized carbons (Fsp3) is 0. The molecule has 0 aromatic heterocycles. The smallest absolute Gasteiger partial charge is 0.259 e. The molecule has 2 aromatic rings. The SMILES string of the molecule is O=C(Nc1cc(Cl)c(Cl)cc1Cl)c1c(F)cccc1Br. The van der Waals surface area contributed by atoms with Gasteiger partial charge in [0.1, 0.15) is 5.82 Å². The molecule has 104 valence electrons. The molecule has 1 N–H and O–H groups in total. The lowest BCUT2D eigenvalue weighted by Gasteiger charge is -2.10. The topological polar surface area (TPSA) is 29.1 Å². The summed E-state index contributed by atoms with van der Waals surface area (Å²) in [5.74, 6) is -1.29. The van der Waals surface area contributed by atoms with Crippen molar-refractivity contribution in [2.24, 2.45) is 0 Å². The van der Waals surface area contributed by atoms with Crippen molar-refractivity contribution >= 4 is 62.3 Å². The fourth-order valence-corrected chi connectivity index (χ4v) is 2.63. The molecule has 0 aliphatic rings. The number of rotatable bonds is 2. The van der Waals surface area contributed by atoms with E-state index >= 15 is 0 Å². The fourth-order valence-electron chi connectivity index (χ4n) is 1.52. The van der Waals surface area contributed by atoms with Crippen LogP contribution < -0.4 is 5.32 Å². The van der Waals surface area contributed by atoms with Crippen molar-refractivity contribution in [3.05, 3.63) is 61.3 Å². The average molecular weight is 397 g/mol. The van der Waals surface area contributed by atoms with Gasteiger partial charge in [-0.3, -0.25) is 4.79 Å². The van der Waals surface area contributed by atoms with Crippen LogP contribution in [0.1, 0.15) is 10.4 Å². The Morgan fingerprint density at radius 2 is 1.75 bits per heavy atom. The number of carbonyl (C=O) groups is 1. The van der Waals surface area contributed by atoms with Gasteiger partial charge in [-0.25, -0.2) is 4.39 Å². The Hall–Kier alpha value is -0.810. The summed E-state index contributed by atoms with van der Waals surface area (Å²) in [5, 5.41) is 3.20. The van der Waals surface area contributed by atoms with E-state index < -0.39 is 11.7 Å². The van der Waals surface area contributed by atoms with Crippen molar-refractivity contribution in [2.75, 3.05) is 5.32 Å². The lowest BCUT2D eigenvalue weighted by atomic mass is 10.2. The summed E-state index contributed by atoms with van der Waals surface area (Å²) in [4.78, 5) is 12.1. The minimum absolute atomic E-state index is 0.116. The summed E-state index contributed by atoms with van der Waals surface area (Å²) < 4.78 is 14.0. The lowest BCUT2D eigenvalue weighted by molar-refractivity contribution is 0.102. The second-order valence-corrected chi connectivity index (χ2v) is 5.87. The molecule has 0 heterocycles. The summed E-state index contributed by atoms with van der Waals surface area (Å²) in [6.07, 6.45) is 0. The maximum atomic E-state index is 13.7. The van der Waals surface area contributed by atoms with Crippen molar-refractivity contribution in [1.29, 1.82) is 0 Å². The van der Waals surface area contributed by atoms with Gasteiger partial charge in [0.05, 0.1) is 26.3 Å². The van der Waals surface area contributed by atoms with Gasteiger partial charge in [0, 0.05) is 4.47 Å². The molecular weight excluding hydrogens is 391 g/mol. The molecule has 1 amide bonds. The maximum absolute atomic E-state index is 13.7. The van der Waals surface area contributed by atoms with Gasteiger partial charge in [-0.15, -0.1) is 0 Å². The molecule has 0 atom stereocenters. The number of hydrogen-bond acceptors (Lipinski definition) is 1.